The Morgan fingerprint density at radius 2 is 2.22 bits per heavy atom. The summed E-state index contributed by atoms with van der Waals surface area (Å²) in [7, 11) is 1.68. The number of hydrogen-bond donors (Lipinski definition) is 1. The molecule has 0 saturated carbocycles. The Labute approximate surface area is 132 Å². The van der Waals surface area contributed by atoms with Gasteiger partial charge in [0.25, 0.3) is 5.91 Å². The number of amides is 1. The van der Waals surface area contributed by atoms with Crippen LogP contribution in [-0.4, -0.2) is 45.6 Å². The van der Waals surface area contributed by atoms with E-state index in [2.05, 4.69) is 10.3 Å². The molecular formula is C15H16N4O4. The molecule has 120 valence electrons. The summed E-state index contributed by atoms with van der Waals surface area (Å²) in [4.78, 5) is 24.4. The topological polar surface area (TPSA) is 97.5 Å². The number of nitrogens with zero attached hydrogens (tertiary/aromatic N) is 4. The van der Waals surface area contributed by atoms with Gasteiger partial charge in [0.2, 0.25) is 0 Å². The zero-order valence-electron chi connectivity index (χ0n) is 12.8. The predicted molar refractivity (Wildman–Crippen MR) is 81.2 cm³/mol. The van der Waals surface area contributed by atoms with E-state index in [1.165, 1.54) is 9.58 Å². The van der Waals surface area contributed by atoms with Gasteiger partial charge in [-0.25, -0.2) is 9.48 Å². The van der Waals surface area contributed by atoms with Gasteiger partial charge in [0, 0.05) is 13.1 Å². The zero-order chi connectivity index (χ0) is 16.6. The number of fused-ring (bicyclic) bond motifs is 1. The van der Waals surface area contributed by atoms with Crippen LogP contribution in [0, 0.1) is 0 Å². The molecule has 23 heavy (non-hydrogen) atoms. The van der Waals surface area contributed by atoms with Crippen LogP contribution in [0.15, 0.2) is 18.2 Å². The molecule has 0 spiro atoms. The van der Waals surface area contributed by atoms with E-state index < -0.39 is 5.97 Å². The molecule has 2 heterocycles. The van der Waals surface area contributed by atoms with Gasteiger partial charge in [-0.1, -0.05) is 18.6 Å². The van der Waals surface area contributed by atoms with Crippen molar-refractivity contribution >= 4 is 17.6 Å². The maximum Gasteiger partial charge on any atom is 0.358 e. The van der Waals surface area contributed by atoms with E-state index in [1.54, 1.807) is 25.2 Å². The predicted octanol–water partition coefficient (Wildman–Crippen LogP) is 1.27. The van der Waals surface area contributed by atoms with Crippen LogP contribution in [0.25, 0.3) is 5.69 Å². The van der Waals surface area contributed by atoms with Gasteiger partial charge in [0.1, 0.15) is 5.75 Å². The molecule has 1 aliphatic heterocycles. The number of ether oxygens (including phenoxy) is 1. The molecule has 0 atom stereocenters. The van der Waals surface area contributed by atoms with E-state index in [0.29, 0.717) is 29.2 Å². The molecule has 1 aromatic heterocycles. The number of carbonyl (C=O) groups is 2. The van der Waals surface area contributed by atoms with Crippen LogP contribution in [0.3, 0.4) is 0 Å². The molecule has 0 saturated heterocycles. The van der Waals surface area contributed by atoms with Crippen LogP contribution in [0.1, 0.15) is 29.5 Å². The van der Waals surface area contributed by atoms with Gasteiger partial charge >= 0.3 is 5.97 Å². The molecule has 0 unspecified atom stereocenters. The van der Waals surface area contributed by atoms with Crippen molar-refractivity contribution in [3.63, 3.8) is 0 Å². The maximum absolute atomic E-state index is 11.6. The number of rotatable bonds is 4. The molecule has 1 aromatic carbocycles. The highest BCUT2D eigenvalue weighted by molar-refractivity contribution is 5.97. The molecule has 0 aliphatic carbocycles. The van der Waals surface area contributed by atoms with Crippen molar-refractivity contribution in [1.82, 2.24) is 15.0 Å². The van der Waals surface area contributed by atoms with Crippen molar-refractivity contribution in [3.8, 4) is 11.4 Å². The number of aromatic nitrogens is 3. The third-order valence-electron chi connectivity index (χ3n) is 3.73. The average molecular weight is 316 g/mol. The summed E-state index contributed by atoms with van der Waals surface area (Å²) < 4.78 is 6.96. The lowest BCUT2D eigenvalue weighted by molar-refractivity contribution is -0.120. The van der Waals surface area contributed by atoms with E-state index in [4.69, 9.17) is 4.74 Å². The van der Waals surface area contributed by atoms with E-state index in [9.17, 15) is 14.7 Å². The lowest BCUT2D eigenvalue weighted by Crippen LogP contribution is -2.35. The molecule has 1 amide bonds. The third kappa shape index (κ3) is 2.52. The second kappa shape index (κ2) is 5.71. The number of aromatic carboxylic acids is 1. The van der Waals surface area contributed by atoms with Crippen LogP contribution in [0.5, 0.6) is 5.75 Å². The lowest BCUT2D eigenvalue weighted by Gasteiger charge is -2.26. The smallest absolute Gasteiger partial charge is 0.358 e. The first-order valence-corrected chi connectivity index (χ1v) is 7.24. The van der Waals surface area contributed by atoms with Gasteiger partial charge in [0.15, 0.2) is 12.3 Å². The summed E-state index contributed by atoms with van der Waals surface area (Å²) >= 11 is 0. The number of benzene rings is 1. The summed E-state index contributed by atoms with van der Waals surface area (Å²) in [5.74, 6) is -0.662. The Morgan fingerprint density at radius 1 is 1.43 bits per heavy atom. The van der Waals surface area contributed by atoms with Gasteiger partial charge in [0.05, 0.1) is 17.1 Å². The SMILES string of the molecule is CCCc1c(C(=O)O)nnn1-c1ccc2c(c1)OCC(=O)N2C. The standard InChI is InChI=1S/C15H16N4O4/c1-3-4-11-14(15(21)22)16-17-19(11)9-5-6-10-12(7-9)23-8-13(20)18(10)2/h5-7H,3-4,8H2,1-2H3,(H,21,22). The van der Waals surface area contributed by atoms with Gasteiger partial charge in [-0.05, 0) is 18.6 Å². The monoisotopic (exact) mass is 316 g/mol. The number of carboxylic acid groups (broad SMARTS) is 1. The highest BCUT2D eigenvalue weighted by atomic mass is 16.5. The second-order valence-electron chi connectivity index (χ2n) is 5.25. The first-order chi connectivity index (χ1) is 11.0. The molecule has 0 radical (unpaired) electrons. The Bertz CT molecular complexity index is 784. The van der Waals surface area contributed by atoms with Crippen molar-refractivity contribution in [2.75, 3.05) is 18.6 Å². The van der Waals surface area contributed by atoms with Crippen molar-refractivity contribution in [2.24, 2.45) is 0 Å². The molecule has 8 heteroatoms. The molecule has 1 N–H and O–H groups in total. The maximum atomic E-state index is 11.6. The summed E-state index contributed by atoms with van der Waals surface area (Å²) in [6.07, 6.45) is 1.32. The number of likely N-dealkylation sites (N-methyl/N-ethyl adjacent to an activating group) is 1. The molecule has 1 aliphatic rings. The van der Waals surface area contributed by atoms with E-state index >= 15 is 0 Å². The van der Waals surface area contributed by atoms with Gasteiger partial charge in [-0.3, -0.25) is 4.79 Å². The summed E-state index contributed by atoms with van der Waals surface area (Å²) in [5.41, 5.74) is 1.81. The molecule has 2 aromatic rings. The fraction of sp³-hybridized carbons (Fsp3) is 0.333. The van der Waals surface area contributed by atoms with Gasteiger partial charge < -0.3 is 14.7 Å². The lowest BCUT2D eigenvalue weighted by atomic mass is 10.2. The highest BCUT2D eigenvalue weighted by Gasteiger charge is 2.24. The minimum atomic E-state index is -1.10. The second-order valence-corrected chi connectivity index (χ2v) is 5.25. The van der Waals surface area contributed by atoms with Crippen LogP contribution in [0.4, 0.5) is 5.69 Å². The summed E-state index contributed by atoms with van der Waals surface area (Å²) in [6, 6.07) is 5.24. The van der Waals surface area contributed by atoms with Crippen LogP contribution < -0.4 is 9.64 Å². The molecule has 0 fully saturated rings. The van der Waals surface area contributed by atoms with Crippen LogP contribution in [0.2, 0.25) is 0 Å². The zero-order valence-corrected chi connectivity index (χ0v) is 12.8. The summed E-state index contributed by atoms with van der Waals surface area (Å²) in [6.45, 7) is 1.94. The average Bonchev–Trinajstić information content (AvgIpc) is 2.95. The molecule has 8 nitrogen and oxygen atoms in total. The molecule has 3 rings (SSSR count). The Kier molecular flexibility index (Phi) is 3.73. The van der Waals surface area contributed by atoms with E-state index in [1.807, 2.05) is 6.92 Å². The first kappa shape index (κ1) is 15.0. The quantitative estimate of drug-likeness (QED) is 0.912. The minimum Gasteiger partial charge on any atom is -0.481 e. The minimum absolute atomic E-state index is 0.0213. The van der Waals surface area contributed by atoms with Crippen molar-refractivity contribution in [1.29, 1.82) is 0 Å². The molecular weight excluding hydrogens is 300 g/mol. The number of anilines is 1. The Balaban J connectivity index is 2.06. The fourth-order valence-corrected chi connectivity index (χ4v) is 2.53. The van der Waals surface area contributed by atoms with E-state index in [0.717, 1.165) is 6.42 Å². The number of carbonyl (C=O) groups excluding carboxylic acids is 1. The van der Waals surface area contributed by atoms with Crippen molar-refractivity contribution < 1.29 is 19.4 Å². The first-order valence-electron chi connectivity index (χ1n) is 7.24. The van der Waals surface area contributed by atoms with Crippen molar-refractivity contribution in [3.05, 3.63) is 29.6 Å². The van der Waals surface area contributed by atoms with Crippen LogP contribution >= 0.6 is 0 Å². The highest BCUT2D eigenvalue weighted by Crippen LogP contribution is 2.33. The molecule has 0 bridgehead atoms. The summed E-state index contributed by atoms with van der Waals surface area (Å²) in [5, 5.41) is 16.9. The van der Waals surface area contributed by atoms with E-state index in [-0.39, 0.29) is 18.2 Å². The van der Waals surface area contributed by atoms with Crippen LogP contribution in [-0.2, 0) is 11.2 Å². The third-order valence-corrected chi connectivity index (χ3v) is 3.73. The largest absolute Gasteiger partial charge is 0.481 e. The number of hydrogen-bond acceptors (Lipinski definition) is 5. The Morgan fingerprint density at radius 3 is 2.91 bits per heavy atom. The van der Waals surface area contributed by atoms with Gasteiger partial charge in [-0.2, -0.15) is 0 Å². The number of carboxylic acids is 1. The fourth-order valence-electron chi connectivity index (χ4n) is 2.53. The Hall–Kier alpha value is -2.90. The van der Waals surface area contributed by atoms with Gasteiger partial charge in [-0.15, -0.1) is 5.10 Å². The van der Waals surface area contributed by atoms with Crippen molar-refractivity contribution in [2.45, 2.75) is 19.8 Å². The normalized spacial score (nSPS) is 13.7.